The van der Waals surface area contributed by atoms with Crippen molar-refractivity contribution in [2.45, 2.75) is 6.92 Å². The Kier molecular flexibility index (Phi) is 7.04. The van der Waals surface area contributed by atoms with Crippen molar-refractivity contribution < 1.29 is 69.4 Å². The molecule has 0 saturated heterocycles. The summed E-state index contributed by atoms with van der Waals surface area (Å²) in [6, 6.07) is 5.82. The van der Waals surface area contributed by atoms with Gasteiger partial charge >= 0.3 is 58.4 Å². The molecule has 84 valence electrons. The van der Waals surface area contributed by atoms with Crippen LogP contribution in [-0.4, -0.2) is 25.1 Å². The minimum atomic E-state index is -4.85. The number of phenols is 1. The van der Waals surface area contributed by atoms with E-state index in [0.717, 1.165) is 0 Å². The zero-order chi connectivity index (χ0) is 11.5. The van der Waals surface area contributed by atoms with Crippen molar-refractivity contribution in [3.8, 4) is 5.75 Å². The fourth-order valence-electron chi connectivity index (χ4n) is 1.36. The second-order valence-corrected chi connectivity index (χ2v) is 3.27. The number of rotatable bonds is 4. The summed E-state index contributed by atoms with van der Waals surface area (Å²) in [4.78, 5) is 1.18. The van der Waals surface area contributed by atoms with E-state index in [-0.39, 0.29) is 63.7 Å². The summed E-state index contributed by atoms with van der Waals surface area (Å²) in [6.45, 7) is -2.95. The predicted octanol–water partition coefficient (Wildman–Crippen LogP) is -0.391. The van der Waals surface area contributed by atoms with E-state index in [9.17, 15) is 12.9 Å². The molecule has 1 rings (SSSR count). The third-order valence-electron chi connectivity index (χ3n) is 2.00. The van der Waals surface area contributed by atoms with Crippen LogP contribution in [0, 0.1) is 0 Å². The Morgan fingerprint density at radius 3 is 2.38 bits per heavy atom. The van der Waals surface area contributed by atoms with E-state index in [4.69, 9.17) is 5.11 Å². The molecule has 0 aliphatic heterocycles. The van der Waals surface area contributed by atoms with Gasteiger partial charge < -0.3 is 23.0 Å². The number of anilines is 1. The summed E-state index contributed by atoms with van der Waals surface area (Å²) in [5.41, 5.74) is 0.386. The molecule has 1 aromatic rings. The second-order valence-electron chi connectivity index (χ2n) is 3.27. The first-order chi connectivity index (χ1) is 6.92. The Labute approximate surface area is 135 Å². The molecule has 0 spiro atoms. The van der Waals surface area contributed by atoms with Crippen molar-refractivity contribution in [1.82, 2.24) is 0 Å². The first-order valence-corrected chi connectivity index (χ1v) is 4.67. The van der Waals surface area contributed by atoms with E-state index in [1.165, 1.54) is 23.1 Å². The zero-order valence-corrected chi connectivity index (χ0v) is 12.5. The van der Waals surface area contributed by atoms with Crippen LogP contribution in [-0.2, 0) is 0 Å². The molecule has 0 aliphatic rings. The van der Waals surface area contributed by atoms with Crippen molar-refractivity contribution in [2.75, 3.05) is 17.9 Å². The fraction of sp³-hybridized carbons (Fsp3) is 0.333. The van der Waals surface area contributed by atoms with Gasteiger partial charge in [-0.3, -0.25) is 0 Å². The Hall–Kier alpha value is 0.311. The molecule has 1 N–H and O–H groups in total. The standard InChI is InChI=1S/C9H12BF3NO.K/c1-2-14(7-10(11,12)13)8-4-3-5-9(15)6-8;/h3-6,15H,2,7H2,1H3;/q-1;+1. The van der Waals surface area contributed by atoms with Crippen LogP contribution in [0.5, 0.6) is 5.75 Å². The molecule has 0 aromatic heterocycles. The molecule has 16 heavy (non-hydrogen) atoms. The van der Waals surface area contributed by atoms with Crippen LogP contribution in [0.1, 0.15) is 6.92 Å². The van der Waals surface area contributed by atoms with Crippen LogP contribution in [0.3, 0.4) is 0 Å². The van der Waals surface area contributed by atoms with Crippen LogP contribution in [0.15, 0.2) is 24.3 Å². The minimum absolute atomic E-state index is 0. The SMILES string of the molecule is CCN(C[B-](F)(F)F)c1cccc(O)c1.[K+]. The van der Waals surface area contributed by atoms with Gasteiger partial charge in [0.25, 0.3) is 0 Å². The normalized spacial score (nSPS) is 10.8. The van der Waals surface area contributed by atoms with Crippen LogP contribution < -0.4 is 56.3 Å². The Morgan fingerprint density at radius 1 is 1.31 bits per heavy atom. The number of hydrogen-bond donors (Lipinski definition) is 1. The van der Waals surface area contributed by atoms with E-state index in [1.807, 2.05) is 0 Å². The summed E-state index contributed by atoms with van der Waals surface area (Å²) in [5, 5.41) is 9.15. The van der Waals surface area contributed by atoms with Gasteiger partial charge in [0.2, 0.25) is 0 Å². The van der Waals surface area contributed by atoms with E-state index in [0.29, 0.717) is 5.69 Å². The first kappa shape index (κ1) is 16.3. The Balaban J connectivity index is 0.00000225. The molecule has 0 atom stereocenters. The number of halogens is 3. The van der Waals surface area contributed by atoms with Crippen molar-refractivity contribution in [3.05, 3.63) is 24.3 Å². The third kappa shape index (κ3) is 5.58. The van der Waals surface area contributed by atoms with Gasteiger partial charge in [0.15, 0.2) is 0 Å². The van der Waals surface area contributed by atoms with Crippen LogP contribution in [0.2, 0.25) is 0 Å². The number of phenolic OH excluding ortho intramolecular Hbond substituents is 1. The Morgan fingerprint density at radius 2 is 1.94 bits per heavy atom. The molecule has 0 radical (unpaired) electrons. The number of nitrogens with zero attached hydrogens (tertiary/aromatic N) is 1. The van der Waals surface area contributed by atoms with Gasteiger partial charge in [-0.05, 0) is 25.5 Å². The molecule has 0 saturated carbocycles. The predicted molar refractivity (Wildman–Crippen MR) is 55.1 cm³/mol. The molecule has 0 bridgehead atoms. The molecular weight excluding hydrogens is 245 g/mol. The van der Waals surface area contributed by atoms with Crippen LogP contribution >= 0.6 is 0 Å². The molecule has 7 heteroatoms. The largest absolute Gasteiger partial charge is 1.00 e. The van der Waals surface area contributed by atoms with Crippen molar-refractivity contribution in [2.24, 2.45) is 0 Å². The van der Waals surface area contributed by atoms with Crippen molar-refractivity contribution in [3.63, 3.8) is 0 Å². The van der Waals surface area contributed by atoms with Gasteiger partial charge in [-0.25, -0.2) is 0 Å². The third-order valence-corrected chi connectivity index (χ3v) is 2.00. The quantitative estimate of drug-likeness (QED) is 0.742. The monoisotopic (exact) mass is 257 g/mol. The van der Waals surface area contributed by atoms with Gasteiger partial charge in [0.1, 0.15) is 5.75 Å². The van der Waals surface area contributed by atoms with E-state index in [1.54, 1.807) is 13.0 Å². The smallest absolute Gasteiger partial charge is 0.508 e. The molecule has 0 aliphatic carbocycles. The molecule has 0 unspecified atom stereocenters. The van der Waals surface area contributed by atoms with Crippen LogP contribution in [0.25, 0.3) is 0 Å². The fourth-order valence-corrected chi connectivity index (χ4v) is 1.36. The minimum Gasteiger partial charge on any atom is -0.508 e. The Bertz CT molecular complexity index is 335. The number of benzene rings is 1. The number of aromatic hydroxyl groups is 1. The molecular formula is C9H12BF3KNO. The van der Waals surface area contributed by atoms with Gasteiger partial charge in [-0.2, -0.15) is 0 Å². The molecule has 0 amide bonds. The summed E-state index contributed by atoms with van der Waals surface area (Å²) < 4.78 is 36.7. The summed E-state index contributed by atoms with van der Waals surface area (Å²) in [5.74, 6) is -0.0272. The van der Waals surface area contributed by atoms with Crippen molar-refractivity contribution >= 4 is 12.7 Å². The maximum absolute atomic E-state index is 12.2. The van der Waals surface area contributed by atoms with Gasteiger partial charge in [-0.1, -0.05) is 6.07 Å². The van der Waals surface area contributed by atoms with Gasteiger partial charge in [-0.15, -0.1) is 0 Å². The van der Waals surface area contributed by atoms with E-state index >= 15 is 0 Å². The van der Waals surface area contributed by atoms with E-state index in [2.05, 4.69) is 0 Å². The van der Waals surface area contributed by atoms with Gasteiger partial charge in [0.05, 0.1) is 0 Å². The molecule has 0 heterocycles. The topological polar surface area (TPSA) is 23.5 Å². The molecule has 2 nitrogen and oxygen atoms in total. The second kappa shape index (κ2) is 6.90. The van der Waals surface area contributed by atoms with Gasteiger partial charge in [0, 0.05) is 18.3 Å². The molecule has 1 aromatic carbocycles. The zero-order valence-electron chi connectivity index (χ0n) is 9.33. The summed E-state index contributed by atoms with van der Waals surface area (Å²) in [7, 11) is 0. The van der Waals surface area contributed by atoms with Crippen molar-refractivity contribution in [1.29, 1.82) is 0 Å². The summed E-state index contributed by atoms with van der Waals surface area (Å²) >= 11 is 0. The average Bonchev–Trinajstić information content (AvgIpc) is 2.13. The van der Waals surface area contributed by atoms with Crippen LogP contribution in [0.4, 0.5) is 18.6 Å². The first-order valence-electron chi connectivity index (χ1n) is 4.67. The average molecular weight is 257 g/mol. The van der Waals surface area contributed by atoms with E-state index < -0.39 is 13.4 Å². The maximum Gasteiger partial charge on any atom is 1.00 e. The maximum atomic E-state index is 12.2. The number of hydrogen-bond acceptors (Lipinski definition) is 2. The molecule has 0 fully saturated rings. The summed E-state index contributed by atoms with van der Waals surface area (Å²) in [6.07, 6.45) is -0.944.